The molecular formula is C10H13NO2S. The van der Waals surface area contributed by atoms with Gasteiger partial charge in [0, 0.05) is 6.54 Å². The van der Waals surface area contributed by atoms with E-state index < -0.39 is 9.84 Å². The van der Waals surface area contributed by atoms with Crippen LogP contribution in [0, 0.1) is 13.8 Å². The van der Waals surface area contributed by atoms with Crippen LogP contribution >= 0.6 is 0 Å². The number of benzene rings is 1. The first-order chi connectivity index (χ1) is 6.50. The number of hydrogen-bond acceptors (Lipinski definition) is 3. The van der Waals surface area contributed by atoms with Gasteiger partial charge in [0.1, 0.15) is 0 Å². The molecule has 0 aliphatic carbocycles. The van der Waals surface area contributed by atoms with E-state index in [1.165, 1.54) is 0 Å². The zero-order valence-electron chi connectivity index (χ0n) is 8.29. The number of nitrogens with one attached hydrogen (secondary N) is 1. The molecule has 1 aromatic rings. The summed E-state index contributed by atoms with van der Waals surface area (Å²) in [5.41, 5.74) is 2.89. The molecule has 4 heteroatoms. The zero-order valence-corrected chi connectivity index (χ0v) is 9.11. The van der Waals surface area contributed by atoms with Crippen LogP contribution in [-0.2, 0) is 9.84 Å². The van der Waals surface area contributed by atoms with Crippen LogP contribution in [0.3, 0.4) is 0 Å². The highest BCUT2D eigenvalue weighted by atomic mass is 32.2. The fourth-order valence-electron chi connectivity index (χ4n) is 1.62. The van der Waals surface area contributed by atoms with Crippen LogP contribution in [-0.4, -0.2) is 20.7 Å². The second-order valence-corrected chi connectivity index (χ2v) is 5.76. The number of rotatable bonds is 0. The Labute approximate surface area is 84.1 Å². The minimum absolute atomic E-state index is 0.197. The first-order valence-corrected chi connectivity index (χ1v) is 6.24. The molecule has 0 saturated carbocycles. The van der Waals surface area contributed by atoms with E-state index in [0.29, 0.717) is 11.4 Å². The van der Waals surface area contributed by atoms with Crippen molar-refractivity contribution in [2.45, 2.75) is 18.7 Å². The number of aryl methyl sites for hydroxylation is 2. The van der Waals surface area contributed by atoms with E-state index in [1.807, 2.05) is 19.9 Å². The topological polar surface area (TPSA) is 46.2 Å². The minimum Gasteiger partial charge on any atom is -0.383 e. The molecule has 76 valence electrons. The van der Waals surface area contributed by atoms with Crippen LogP contribution in [0.2, 0.25) is 0 Å². The number of fused-ring (bicyclic) bond motifs is 1. The van der Waals surface area contributed by atoms with E-state index >= 15 is 0 Å². The van der Waals surface area contributed by atoms with Crippen LogP contribution in [0.15, 0.2) is 17.0 Å². The molecular weight excluding hydrogens is 198 g/mol. The Morgan fingerprint density at radius 3 is 2.57 bits per heavy atom. The smallest absolute Gasteiger partial charge is 0.182 e. The first kappa shape index (κ1) is 9.52. The molecule has 0 atom stereocenters. The van der Waals surface area contributed by atoms with Crippen molar-refractivity contribution >= 4 is 15.5 Å². The van der Waals surface area contributed by atoms with Gasteiger partial charge in [0.05, 0.1) is 16.3 Å². The highest BCUT2D eigenvalue weighted by molar-refractivity contribution is 7.91. The van der Waals surface area contributed by atoms with Crippen molar-refractivity contribution in [1.82, 2.24) is 0 Å². The average molecular weight is 211 g/mol. The molecule has 0 aromatic heterocycles. The molecule has 1 aliphatic rings. The molecule has 0 bridgehead atoms. The summed E-state index contributed by atoms with van der Waals surface area (Å²) in [5, 5.41) is 3.11. The van der Waals surface area contributed by atoms with Gasteiger partial charge >= 0.3 is 0 Å². The second-order valence-electron chi connectivity index (χ2n) is 3.68. The predicted molar refractivity (Wildman–Crippen MR) is 56.5 cm³/mol. The molecule has 0 spiro atoms. The van der Waals surface area contributed by atoms with E-state index in [4.69, 9.17) is 0 Å². The van der Waals surface area contributed by atoms with E-state index in [0.717, 1.165) is 16.8 Å². The Balaban J connectivity index is 2.71. The van der Waals surface area contributed by atoms with Gasteiger partial charge in [-0.05, 0) is 37.1 Å². The Kier molecular flexibility index (Phi) is 2.03. The van der Waals surface area contributed by atoms with Crippen molar-refractivity contribution in [3.05, 3.63) is 23.3 Å². The van der Waals surface area contributed by atoms with Crippen molar-refractivity contribution in [1.29, 1.82) is 0 Å². The monoisotopic (exact) mass is 211 g/mol. The number of sulfone groups is 1. The van der Waals surface area contributed by atoms with Crippen molar-refractivity contribution < 1.29 is 8.42 Å². The quantitative estimate of drug-likeness (QED) is 0.707. The van der Waals surface area contributed by atoms with E-state index in [1.54, 1.807) is 6.07 Å². The minimum atomic E-state index is -3.04. The average Bonchev–Trinajstić information content (AvgIpc) is 2.08. The van der Waals surface area contributed by atoms with Crippen LogP contribution in [0.1, 0.15) is 11.1 Å². The molecule has 0 radical (unpaired) electrons. The van der Waals surface area contributed by atoms with Crippen molar-refractivity contribution in [3.63, 3.8) is 0 Å². The van der Waals surface area contributed by atoms with Gasteiger partial charge in [-0.15, -0.1) is 0 Å². The van der Waals surface area contributed by atoms with Gasteiger partial charge in [-0.25, -0.2) is 8.42 Å². The summed E-state index contributed by atoms with van der Waals surface area (Å²) < 4.78 is 23.4. The summed E-state index contributed by atoms with van der Waals surface area (Å²) in [5.74, 6) is 0.197. The Hall–Kier alpha value is -1.03. The zero-order chi connectivity index (χ0) is 10.3. The highest BCUT2D eigenvalue weighted by Crippen LogP contribution is 2.28. The fraction of sp³-hybridized carbons (Fsp3) is 0.400. The van der Waals surface area contributed by atoms with Crippen molar-refractivity contribution in [3.8, 4) is 0 Å². The third kappa shape index (κ3) is 1.39. The van der Waals surface area contributed by atoms with E-state index in [2.05, 4.69) is 5.32 Å². The lowest BCUT2D eigenvalue weighted by molar-refractivity contribution is 0.594. The van der Waals surface area contributed by atoms with Gasteiger partial charge in [-0.1, -0.05) is 0 Å². The highest BCUT2D eigenvalue weighted by Gasteiger charge is 2.23. The van der Waals surface area contributed by atoms with Crippen LogP contribution in [0.25, 0.3) is 0 Å². The van der Waals surface area contributed by atoms with Gasteiger partial charge in [0.25, 0.3) is 0 Å². The summed E-state index contributed by atoms with van der Waals surface area (Å²) in [6.45, 7) is 4.43. The predicted octanol–water partition coefficient (Wildman–Crippen LogP) is 1.50. The lowest BCUT2D eigenvalue weighted by Crippen LogP contribution is -2.23. The molecule has 1 aliphatic heterocycles. The normalized spacial score (nSPS) is 18.4. The summed E-state index contributed by atoms with van der Waals surface area (Å²) in [4.78, 5) is 0.451. The maximum atomic E-state index is 11.7. The van der Waals surface area contributed by atoms with Gasteiger partial charge in [0.15, 0.2) is 9.84 Å². The SMILES string of the molecule is Cc1cc2c(cc1C)S(=O)(=O)CCN2. The van der Waals surface area contributed by atoms with Crippen LogP contribution in [0.4, 0.5) is 5.69 Å². The molecule has 2 rings (SSSR count). The second kappa shape index (κ2) is 2.98. The number of hydrogen-bond donors (Lipinski definition) is 1. The molecule has 3 nitrogen and oxygen atoms in total. The fourth-order valence-corrected chi connectivity index (χ4v) is 3.03. The van der Waals surface area contributed by atoms with Gasteiger partial charge in [-0.3, -0.25) is 0 Å². The maximum Gasteiger partial charge on any atom is 0.182 e. The third-order valence-corrected chi connectivity index (χ3v) is 4.37. The standard InChI is InChI=1S/C10H13NO2S/c1-7-5-9-10(6-8(7)2)14(12,13)4-3-11-9/h5-6,11H,3-4H2,1-2H3. The van der Waals surface area contributed by atoms with Gasteiger partial charge in [0.2, 0.25) is 0 Å². The Morgan fingerprint density at radius 2 is 1.86 bits per heavy atom. The molecule has 0 saturated heterocycles. The lowest BCUT2D eigenvalue weighted by Gasteiger charge is -2.19. The lowest BCUT2D eigenvalue weighted by atomic mass is 10.1. The summed E-state index contributed by atoms with van der Waals surface area (Å²) >= 11 is 0. The van der Waals surface area contributed by atoms with Crippen LogP contribution in [0.5, 0.6) is 0 Å². The number of anilines is 1. The van der Waals surface area contributed by atoms with Gasteiger partial charge < -0.3 is 5.32 Å². The van der Waals surface area contributed by atoms with Gasteiger partial charge in [-0.2, -0.15) is 0 Å². The van der Waals surface area contributed by atoms with Crippen molar-refractivity contribution in [2.75, 3.05) is 17.6 Å². The molecule has 14 heavy (non-hydrogen) atoms. The first-order valence-electron chi connectivity index (χ1n) is 4.58. The summed E-state index contributed by atoms with van der Waals surface area (Å²) in [7, 11) is -3.04. The Morgan fingerprint density at radius 1 is 1.21 bits per heavy atom. The maximum absolute atomic E-state index is 11.7. The van der Waals surface area contributed by atoms with E-state index in [9.17, 15) is 8.42 Å². The molecule has 0 amide bonds. The largest absolute Gasteiger partial charge is 0.383 e. The molecule has 1 aromatic carbocycles. The van der Waals surface area contributed by atoms with E-state index in [-0.39, 0.29) is 5.75 Å². The molecule has 1 N–H and O–H groups in total. The van der Waals surface area contributed by atoms with Crippen LogP contribution < -0.4 is 5.32 Å². The Bertz CT molecular complexity index is 477. The molecule has 1 heterocycles. The van der Waals surface area contributed by atoms with Crippen molar-refractivity contribution in [2.24, 2.45) is 0 Å². The summed E-state index contributed by atoms with van der Waals surface area (Å²) in [6, 6.07) is 3.66. The molecule has 0 fully saturated rings. The molecule has 0 unspecified atom stereocenters. The third-order valence-electron chi connectivity index (χ3n) is 2.62. The summed E-state index contributed by atoms with van der Waals surface area (Å²) in [6.07, 6.45) is 0.